The molecule has 1 fully saturated rings. The highest BCUT2D eigenvalue weighted by Gasteiger charge is 2.24. The molecule has 1 saturated carbocycles. The van der Waals surface area contributed by atoms with Crippen LogP contribution in [0.2, 0.25) is 0 Å². The van der Waals surface area contributed by atoms with Crippen LogP contribution in [-0.4, -0.2) is 29.0 Å². The molecule has 2 atom stereocenters. The molecule has 110 valence electrons. The predicted molar refractivity (Wildman–Crippen MR) is 75.8 cm³/mol. The fraction of sp³-hybridized carbons (Fsp3) is 0.688. The van der Waals surface area contributed by atoms with Crippen LogP contribution >= 0.6 is 0 Å². The van der Waals surface area contributed by atoms with Gasteiger partial charge in [-0.05, 0) is 44.9 Å². The zero-order valence-electron chi connectivity index (χ0n) is 12.1. The van der Waals surface area contributed by atoms with Crippen molar-refractivity contribution in [2.24, 2.45) is 11.8 Å². The summed E-state index contributed by atoms with van der Waals surface area (Å²) in [5, 5.41) is 0. The minimum absolute atomic E-state index is 0.187. The van der Waals surface area contributed by atoms with E-state index in [4.69, 9.17) is 0 Å². The molecule has 0 aromatic carbocycles. The molecule has 4 nitrogen and oxygen atoms in total. The lowest BCUT2D eigenvalue weighted by atomic mass is 9.93. The third kappa shape index (κ3) is 3.78. The number of hydrogen-bond donors (Lipinski definition) is 0. The molecular weight excluding hydrogens is 254 g/mol. The van der Waals surface area contributed by atoms with Crippen molar-refractivity contribution < 1.29 is 14.4 Å². The van der Waals surface area contributed by atoms with Crippen molar-refractivity contribution in [3.05, 3.63) is 12.2 Å². The zero-order chi connectivity index (χ0) is 14.5. The molecule has 1 aliphatic heterocycles. The first-order valence-corrected chi connectivity index (χ1v) is 7.62. The van der Waals surface area contributed by atoms with Crippen LogP contribution in [0.15, 0.2) is 12.2 Å². The van der Waals surface area contributed by atoms with Crippen molar-refractivity contribution in [3.8, 4) is 0 Å². The Balaban J connectivity index is 1.71. The maximum atomic E-state index is 11.4. The van der Waals surface area contributed by atoms with E-state index >= 15 is 0 Å². The SMILES string of the molecule is CC(=O)C1CCCC(CCCN2C(=O)C=CC2=O)CC1. The van der Waals surface area contributed by atoms with E-state index < -0.39 is 0 Å². The Bertz CT molecular complexity index is 409. The second-order valence-corrected chi connectivity index (χ2v) is 5.99. The molecule has 2 rings (SSSR count). The van der Waals surface area contributed by atoms with Gasteiger partial charge in [0.25, 0.3) is 11.8 Å². The van der Waals surface area contributed by atoms with Gasteiger partial charge in [0.1, 0.15) is 5.78 Å². The largest absolute Gasteiger partial charge is 0.300 e. The van der Waals surface area contributed by atoms with Gasteiger partial charge in [-0.1, -0.05) is 12.8 Å². The highest BCUT2D eigenvalue weighted by molar-refractivity contribution is 6.12. The monoisotopic (exact) mass is 277 g/mol. The smallest absolute Gasteiger partial charge is 0.253 e. The number of Topliss-reactive ketones (excluding diaryl/α,β-unsaturated/α-hetero) is 1. The number of carbonyl (C=O) groups excluding carboxylic acids is 3. The Kier molecular flexibility index (Phi) is 5.10. The maximum Gasteiger partial charge on any atom is 0.253 e. The van der Waals surface area contributed by atoms with Gasteiger partial charge in [-0.15, -0.1) is 0 Å². The first-order chi connectivity index (χ1) is 9.58. The van der Waals surface area contributed by atoms with Crippen molar-refractivity contribution in [3.63, 3.8) is 0 Å². The number of carbonyl (C=O) groups is 3. The fourth-order valence-electron chi connectivity index (χ4n) is 3.26. The lowest BCUT2D eigenvalue weighted by Gasteiger charge is -2.17. The molecule has 0 saturated heterocycles. The van der Waals surface area contributed by atoms with E-state index in [2.05, 4.69) is 0 Å². The number of amides is 2. The fourth-order valence-corrected chi connectivity index (χ4v) is 3.26. The van der Waals surface area contributed by atoms with Gasteiger partial charge < -0.3 is 0 Å². The number of ketones is 1. The summed E-state index contributed by atoms with van der Waals surface area (Å²) < 4.78 is 0. The molecule has 1 aliphatic carbocycles. The molecule has 2 aliphatic rings. The lowest BCUT2D eigenvalue weighted by molar-refractivity contribution is -0.136. The topological polar surface area (TPSA) is 54.5 Å². The molecule has 4 heteroatoms. The van der Waals surface area contributed by atoms with Crippen LogP contribution < -0.4 is 0 Å². The lowest BCUT2D eigenvalue weighted by Crippen LogP contribution is -2.31. The van der Waals surface area contributed by atoms with E-state index in [9.17, 15) is 14.4 Å². The van der Waals surface area contributed by atoms with Gasteiger partial charge in [0.15, 0.2) is 0 Å². The predicted octanol–water partition coefficient (Wildman–Crippen LogP) is 2.48. The Labute approximate surface area is 120 Å². The van der Waals surface area contributed by atoms with E-state index in [-0.39, 0.29) is 17.7 Å². The van der Waals surface area contributed by atoms with Crippen molar-refractivity contribution in [1.29, 1.82) is 0 Å². The number of rotatable bonds is 5. The van der Waals surface area contributed by atoms with Crippen LogP contribution in [0.25, 0.3) is 0 Å². The Morgan fingerprint density at radius 1 is 1.15 bits per heavy atom. The normalized spacial score (nSPS) is 26.9. The van der Waals surface area contributed by atoms with Crippen LogP contribution in [0.3, 0.4) is 0 Å². The van der Waals surface area contributed by atoms with Gasteiger partial charge in [-0.25, -0.2) is 0 Å². The summed E-state index contributed by atoms with van der Waals surface area (Å²) in [6, 6.07) is 0. The molecule has 2 unspecified atom stereocenters. The number of nitrogens with zero attached hydrogens (tertiary/aromatic N) is 1. The second kappa shape index (κ2) is 6.82. The standard InChI is InChI=1S/C16H23NO3/c1-12(18)14-6-2-4-13(7-8-14)5-3-11-17-15(19)9-10-16(17)20/h9-10,13-14H,2-8,11H2,1H3. The summed E-state index contributed by atoms with van der Waals surface area (Å²) in [4.78, 5) is 35.6. The summed E-state index contributed by atoms with van der Waals surface area (Å²) in [7, 11) is 0. The van der Waals surface area contributed by atoms with Crippen molar-refractivity contribution in [2.45, 2.75) is 51.9 Å². The van der Waals surface area contributed by atoms with E-state index in [0.717, 1.165) is 38.5 Å². The first-order valence-electron chi connectivity index (χ1n) is 7.62. The van der Waals surface area contributed by atoms with Crippen LogP contribution in [0.4, 0.5) is 0 Å². The van der Waals surface area contributed by atoms with Crippen molar-refractivity contribution in [2.75, 3.05) is 6.54 Å². The highest BCUT2D eigenvalue weighted by atomic mass is 16.2. The van der Waals surface area contributed by atoms with E-state index in [0.29, 0.717) is 18.2 Å². The summed E-state index contributed by atoms with van der Waals surface area (Å²) in [5.74, 6) is 0.844. The minimum Gasteiger partial charge on any atom is -0.300 e. The Hall–Kier alpha value is -1.45. The van der Waals surface area contributed by atoms with Gasteiger partial charge >= 0.3 is 0 Å². The van der Waals surface area contributed by atoms with Crippen molar-refractivity contribution >= 4 is 17.6 Å². The van der Waals surface area contributed by atoms with Crippen LogP contribution in [0.5, 0.6) is 0 Å². The molecule has 20 heavy (non-hydrogen) atoms. The molecule has 0 spiro atoms. The van der Waals surface area contributed by atoms with E-state index in [1.54, 1.807) is 6.92 Å². The molecule has 2 amide bonds. The minimum atomic E-state index is -0.187. The molecule has 0 aromatic heterocycles. The summed E-state index contributed by atoms with van der Waals surface area (Å²) in [5.41, 5.74) is 0. The average molecular weight is 277 g/mol. The van der Waals surface area contributed by atoms with Gasteiger partial charge in [-0.3, -0.25) is 19.3 Å². The van der Waals surface area contributed by atoms with Gasteiger partial charge in [0, 0.05) is 24.6 Å². The van der Waals surface area contributed by atoms with Crippen LogP contribution in [-0.2, 0) is 14.4 Å². The van der Waals surface area contributed by atoms with Crippen LogP contribution in [0, 0.1) is 11.8 Å². The maximum absolute atomic E-state index is 11.4. The van der Waals surface area contributed by atoms with E-state index in [1.807, 2.05) is 0 Å². The first kappa shape index (κ1) is 14.9. The third-order valence-electron chi connectivity index (χ3n) is 4.56. The summed E-state index contributed by atoms with van der Waals surface area (Å²) in [6.07, 6.45) is 10.0. The van der Waals surface area contributed by atoms with Gasteiger partial charge in [0.05, 0.1) is 0 Å². The molecular formula is C16H23NO3. The highest BCUT2D eigenvalue weighted by Crippen LogP contribution is 2.30. The Morgan fingerprint density at radius 3 is 2.50 bits per heavy atom. The number of imide groups is 1. The third-order valence-corrected chi connectivity index (χ3v) is 4.56. The molecule has 0 N–H and O–H groups in total. The number of hydrogen-bond acceptors (Lipinski definition) is 3. The van der Waals surface area contributed by atoms with Crippen molar-refractivity contribution in [1.82, 2.24) is 4.90 Å². The molecule has 1 heterocycles. The van der Waals surface area contributed by atoms with Gasteiger partial charge in [0.2, 0.25) is 0 Å². The quantitative estimate of drug-likeness (QED) is 0.573. The molecule has 0 bridgehead atoms. The van der Waals surface area contributed by atoms with E-state index in [1.165, 1.54) is 23.5 Å². The zero-order valence-corrected chi connectivity index (χ0v) is 12.1. The van der Waals surface area contributed by atoms with Crippen LogP contribution in [0.1, 0.15) is 51.9 Å². The molecule has 0 radical (unpaired) electrons. The second-order valence-electron chi connectivity index (χ2n) is 5.99. The Morgan fingerprint density at radius 2 is 1.85 bits per heavy atom. The van der Waals surface area contributed by atoms with Gasteiger partial charge in [-0.2, -0.15) is 0 Å². The summed E-state index contributed by atoms with van der Waals surface area (Å²) in [6.45, 7) is 2.22. The summed E-state index contributed by atoms with van der Waals surface area (Å²) >= 11 is 0. The molecule has 0 aromatic rings. The average Bonchev–Trinajstić information content (AvgIpc) is 2.64.